The summed E-state index contributed by atoms with van der Waals surface area (Å²) in [6.45, 7) is 2.72. The van der Waals surface area contributed by atoms with Gasteiger partial charge < -0.3 is 9.47 Å². The van der Waals surface area contributed by atoms with Gasteiger partial charge in [-0.15, -0.1) is 0 Å². The van der Waals surface area contributed by atoms with Gasteiger partial charge in [0.25, 0.3) is 0 Å². The van der Waals surface area contributed by atoms with Crippen molar-refractivity contribution in [2.75, 3.05) is 13.2 Å². The largest absolute Gasteiger partial charge is 0.464 e. The topological polar surface area (TPSA) is 35.5 Å². The summed E-state index contributed by atoms with van der Waals surface area (Å²) in [6.07, 6.45) is 4.10. The fraction of sp³-hybridized carbons (Fsp3) is 0.625. The Kier molecular flexibility index (Phi) is 3.11. The Balaban J connectivity index is 2.34. The molecule has 3 heteroatoms. The highest BCUT2D eigenvalue weighted by atomic mass is 16.6. The van der Waals surface area contributed by atoms with Gasteiger partial charge in [0.15, 0.2) is 6.10 Å². The maximum absolute atomic E-state index is 11.0. The molecule has 1 aliphatic rings. The van der Waals surface area contributed by atoms with E-state index in [9.17, 15) is 4.79 Å². The van der Waals surface area contributed by atoms with E-state index in [4.69, 9.17) is 9.47 Å². The van der Waals surface area contributed by atoms with Gasteiger partial charge in [0, 0.05) is 6.42 Å². The van der Waals surface area contributed by atoms with Crippen LogP contribution >= 0.6 is 0 Å². The van der Waals surface area contributed by atoms with Crippen LogP contribution < -0.4 is 0 Å². The van der Waals surface area contributed by atoms with Gasteiger partial charge >= 0.3 is 5.97 Å². The molecule has 1 rings (SSSR count). The van der Waals surface area contributed by atoms with Gasteiger partial charge in [-0.3, -0.25) is 0 Å². The molecule has 1 aliphatic heterocycles. The second-order valence-corrected chi connectivity index (χ2v) is 2.28. The van der Waals surface area contributed by atoms with Crippen molar-refractivity contribution in [1.82, 2.24) is 0 Å². The lowest BCUT2D eigenvalue weighted by Gasteiger charge is -2.16. The molecule has 0 N–H and O–H groups in total. The third kappa shape index (κ3) is 2.35. The van der Waals surface area contributed by atoms with Crippen LogP contribution in [0.5, 0.6) is 0 Å². The molecule has 1 heterocycles. The van der Waals surface area contributed by atoms with Crippen LogP contribution in [-0.2, 0) is 14.3 Å². The fourth-order valence-corrected chi connectivity index (χ4v) is 0.927. The number of esters is 1. The summed E-state index contributed by atoms with van der Waals surface area (Å²) < 4.78 is 9.91. The summed E-state index contributed by atoms with van der Waals surface area (Å²) in [7, 11) is 0. The summed E-state index contributed by atoms with van der Waals surface area (Å²) in [4.78, 5) is 11.0. The first kappa shape index (κ1) is 8.27. The zero-order valence-electron chi connectivity index (χ0n) is 6.58. The smallest absolute Gasteiger partial charge is 0.335 e. The average molecular weight is 156 g/mol. The monoisotopic (exact) mass is 156 g/mol. The standard InChI is InChI=1S/C8H12O3/c1-2-10-8(9)7-5-3-4-6-11-7/h3-4,7H,2,5-6H2,1H3. The van der Waals surface area contributed by atoms with Crippen molar-refractivity contribution in [1.29, 1.82) is 0 Å². The van der Waals surface area contributed by atoms with E-state index < -0.39 is 0 Å². The lowest BCUT2D eigenvalue weighted by atomic mass is 10.2. The van der Waals surface area contributed by atoms with Crippen molar-refractivity contribution in [3.8, 4) is 0 Å². The molecule has 0 bridgehead atoms. The average Bonchev–Trinajstić information content (AvgIpc) is 2.07. The van der Waals surface area contributed by atoms with Crippen LogP contribution in [0.4, 0.5) is 0 Å². The minimum Gasteiger partial charge on any atom is -0.464 e. The van der Waals surface area contributed by atoms with Crippen molar-refractivity contribution in [2.24, 2.45) is 0 Å². The van der Waals surface area contributed by atoms with E-state index in [1.54, 1.807) is 6.92 Å². The van der Waals surface area contributed by atoms with Crippen LogP contribution in [0.25, 0.3) is 0 Å². The van der Waals surface area contributed by atoms with E-state index >= 15 is 0 Å². The lowest BCUT2D eigenvalue weighted by Crippen LogP contribution is -2.27. The number of carbonyl (C=O) groups excluding carboxylic acids is 1. The van der Waals surface area contributed by atoms with Gasteiger partial charge in [0.2, 0.25) is 0 Å². The molecule has 0 fully saturated rings. The minimum absolute atomic E-state index is 0.253. The van der Waals surface area contributed by atoms with Gasteiger partial charge in [-0.05, 0) is 6.92 Å². The molecule has 3 nitrogen and oxygen atoms in total. The van der Waals surface area contributed by atoms with Gasteiger partial charge in [-0.2, -0.15) is 0 Å². The van der Waals surface area contributed by atoms with Crippen molar-refractivity contribution in [3.63, 3.8) is 0 Å². The van der Waals surface area contributed by atoms with E-state index in [1.165, 1.54) is 0 Å². The number of hydrogen-bond acceptors (Lipinski definition) is 3. The van der Waals surface area contributed by atoms with Crippen LogP contribution in [0.2, 0.25) is 0 Å². The number of carbonyl (C=O) groups is 1. The molecule has 11 heavy (non-hydrogen) atoms. The van der Waals surface area contributed by atoms with Gasteiger partial charge in [-0.1, -0.05) is 12.2 Å². The van der Waals surface area contributed by atoms with E-state index in [0.29, 0.717) is 19.6 Å². The quantitative estimate of drug-likeness (QED) is 0.440. The Morgan fingerprint density at radius 3 is 3.09 bits per heavy atom. The molecule has 0 amide bonds. The second-order valence-electron chi connectivity index (χ2n) is 2.28. The lowest BCUT2D eigenvalue weighted by molar-refractivity contribution is -0.156. The normalized spacial score (nSPS) is 23.2. The van der Waals surface area contributed by atoms with Gasteiger partial charge in [-0.25, -0.2) is 4.79 Å². The van der Waals surface area contributed by atoms with E-state index in [2.05, 4.69) is 0 Å². The summed E-state index contributed by atoms with van der Waals surface area (Å²) >= 11 is 0. The molecule has 0 radical (unpaired) electrons. The predicted octanol–water partition coefficient (Wildman–Crippen LogP) is 0.895. The van der Waals surface area contributed by atoms with Crippen LogP contribution in [-0.4, -0.2) is 25.3 Å². The molecule has 1 unspecified atom stereocenters. The first-order valence-corrected chi connectivity index (χ1v) is 3.78. The molecule has 0 saturated carbocycles. The third-order valence-electron chi connectivity index (χ3n) is 1.46. The summed E-state index contributed by atoms with van der Waals surface area (Å²) in [6, 6.07) is 0. The van der Waals surface area contributed by atoms with E-state index in [-0.39, 0.29) is 12.1 Å². The Bertz CT molecular complexity index is 163. The van der Waals surface area contributed by atoms with Crippen molar-refractivity contribution in [3.05, 3.63) is 12.2 Å². The molecule has 1 atom stereocenters. The van der Waals surface area contributed by atoms with Crippen LogP contribution in [0.3, 0.4) is 0 Å². The third-order valence-corrected chi connectivity index (χ3v) is 1.46. The Morgan fingerprint density at radius 2 is 2.55 bits per heavy atom. The first-order chi connectivity index (χ1) is 5.34. The summed E-state index contributed by atoms with van der Waals surface area (Å²) in [5.41, 5.74) is 0. The first-order valence-electron chi connectivity index (χ1n) is 3.78. The SMILES string of the molecule is CCOC(=O)C1CC=CCO1. The van der Waals surface area contributed by atoms with E-state index in [1.807, 2.05) is 12.2 Å². The summed E-state index contributed by atoms with van der Waals surface area (Å²) in [5.74, 6) is -0.253. The van der Waals surface area contributed by atoms with Crippen LogP contribution in [0.1, 0.15) is 13.3 Å². The molecule has 0 aromatic rings. The molecule has 62 valence electrons. The Hall–Kier alpha value is -0.830. The van der Waals surface area contributed by atoms with Crippen molar-refractivity contribution in [2.45, 2.75) is 19.4 Å². The molecule has 0 aromatic heterocycles. The number of rotatable bonds is 2. The van der Waals surface area contributed by atoms with Crippen LogP contribution in [0, 0.1) is 0 Å². The van der Waals surface area contributed by atoms with Crippen molar-refractivity contribution < 1.29 is 14.3 Å². The Morgan fingerprint density at radius 1 is 1.73 bits per heavy atom. The van der Waals surface area contributed by atoms with Crippen molar-refractivity contribution >= 4 is 5.97 Å². The van der Waals surface area contributed by atoms with Crippen LogP contribution in [0.15, 0.2) is 12.2 Å². The molecule has 0 aliphatic carbocycles. The highest BCUT2D eigenvalue weighted by Gasteiger charge is 2.19. The zero-order chi connectivity index (χ0) is 8.10. The molecule has 0 aromatic carbocycles. The molecule has 0 saturated heterocycles. The zero-order valence-corrected chi connectivity index (χ0v) is 6.58. The molecule has 0 spiro atoms. The fourth-order valence-electron chi connectivity index (χ4n) is 0.927. The molecular formula is C8H12O3. The highest BCUT2D eigenvalue weighted by Crippen LogP contribution is 2.07. The predicted molar refractivity (Wildman–Crippen MR) is 40.1 cm³/mol. The number of hydrogen-bond donors (Lipinski definition) is 0. The van der Waals surface area contributed by atoms with Gasteiger partial charge in [0.1, 0.15) is 0 Å². The van der Waals surface area contributed by atoms with E-state index in [0.717, 1.165) is 0 Å². The highest BCUT2D eigenvalue weighted by molar-refractivity contribution is 5.75. The number of ether oxygens (including phenoxy) is 2. The second kappa shape index (κ2) is 4.13. The Labute approximate surface area is 66.0 Å². The molecular weight excluding hydrogens is 144 g/mol. The maximum Gasteiger partial charge on any atom is 0.335 e. The van der Waals surface area contributed by atoms with Gasteiger partial charge in [0.05, 0.1) is 13.2 Å². The summed E-state index contributed by atoms with van der Waals surface area (Å²) in [5, 5.41) is 0. The minimum atomic E-state index is -0.375. The maximum atomic E-state index is 11.0.